The average molecular weight is 256 g/mol. The SMILES string of the molecule is CC(C)(C)C/C=C/c1ccc(S(=O)(=O)F)cc1. The van der Waals surface area contributed by atoms with Crippen LogP contribution >= 0.6 is 0 Å². The van der Waals surface area contributed by atoms with Gasteiger partial charge in [0.15, 0.2) is 0 Å². The van der Waals surface area contributed by atoms with E-state index in [1.165, 1.54) is 12.1 Å². The van der Waals surface area contributed by atoms with Crippen LogP contribution in [0.5, 0.6) is 0 Å². The van der Waals surface area contributed by atoms with Crippen LogP contribution in [0.1, 0.15) is 32.8 Å². The first-order valence-corrected chi connectivity index (χ1v) is 6.78. The summed E-state index contributed by atoms with van der Waals surface area (Å²) in [5.41, 5.74) is 1.08. The van der Waals surface area contributed by atoms with E-state index in [0.717, 1.165) is 12.0 Å². The lowest BCUT2D eigenvalue weighted by Gasteiger charge is -2.14. The van der Waals surface area contributed by atoms with Gasteiger partial charge in [0, 0.05) is 0 Å². The van der Waals surface area contributed by atoms with E-state index in [0.29, 0.717) is 0 Å². The van der Waals surface area contributed by atoms with E-state index >= 15 is 0 Å². The number of rotatable bonds is 3. The Balaban J connectivity index is 2.76. The van der Waals surface area contributed by atoms with Crippen LogP contribution in [-0.4, -0.2) is 8.42 Å². The van der Waals surface area contributed by atoms with Crippen molar-refractivity contribution < 1.29 is 12.3 Å². The molecule has 1 aromatic carbocycles. The van der Waals surface area contributed by atoms with Crippen LogP contribution in [0.25, 0.3) is 6.08 Å². The van der Waals surface area contributed by atoms with Crippen LogP contribution in [0.15, 0.2) is 35.2 Å². The van der Waals surface area contributed by atoms with E-state index < -0.39 is 10.2 Å². The number of allylic oxidation sites excluding steroid dienone is 1. The first kappa shape index (κ1) is 13.9. The molecular formula is C13H17FO2S. The molecular weight excluding hydrogens is 239 g/mol. The molecule has 0 saturated heterocycles. The van der Waals surface area contributed by atoms with Gasteiger partial charge in [0.05, 0.1) is 4.90 Å². The monoisotopic (exact) mass is 256 g/mol. The zero-order valence-electron chi connectivity index (χ0n) is 10.3. The quantitative estimate of drug-likeness (QED) is 0.771. The summed E-state index contributed by atoms with van der Waals surface area (Å²) in [5.74, 6) is 0. The van der Waals surface area contributed by atoms with Crippen molar-refractivity contribution in [2.24, 2.45) is 5.41 Å². The molecule has 0 heterocycles. The summed E-state index contributed by atoms with van der Waals surface area (Å²) in [6.45, 7) is 6.41. The van der Waals surface area contributed by atoms with Crippen LogP contribution in [0, 0.1) is 5.41 Å². The van der Waals surface area contributed by atoms with Gasteiger partial charge < -0.3 is 0 Å². The highest BCUT2D eigenvalue weighted by Crippen LogP contribution is 2.20. The predicted molar refractivity (Wildman–Crippen MR) is 67.8 cm³/mol. The number of hydrogen-bond donors (Lipinski definition) is 0. The molecule has 2 nitrogen and oxygen atoms in total. The van der Waals surface area contributed by atoms with Crippen molar-refractivity contribution in [1.82, 2.24) is 0 Å². The molecule has 0 saturated carbocycles. The molecule has 0 fully saturated rings. The van der Waals surface area contributed by atoms with Crippen molar-refractivity contribution in [3.05, 3.63) is 35.9 Å². The fourth-order valence-electron chi connectivity index (χ4n) is 1.29. The minimum absolute atomic E-state index is 0.221. The lowest BCUT2D eigenvalue weighted by atomic mass is 9.92. The number of hydrogen-bond acceptors (Lipinski definition) is 2. The van der Waals surface area contributed by atoms with Gasteiger partial charge in [0.1, 0.15) is 0 Å². The molecule has 1 aromatic rings. The summed E-state index contributed by atoms with van der Waals surface area (Å²) < 4.78 is 33.8. The van der Waals surface area contributed by atoms with Crippen molar-refractivity contribution in [3.8, 4) is 0 Å². The maximum atomic E-state index is 12.6. The Hall–Kier alpha value is -1.16. The number of benzene rings is 1. The standard InChI is InChI=1S/C13H17FO2S/c1-13(2,3)10-4-5-11-6-8-12(9-7-11)17(14,15)16/h4-9H,10H2,1-3H3/b5-4+. The molecule has 17 heavy (non-hydrogen) atoms. The van der Waals surface area contributed by atoms with Crippen molar-refractivity contribution >= 4 is 16.3 Å². The smallest absolute Gasteiger partial charge is 0.189 e. The Morgan fingerprint density at radius 2 is 1.71 bits per heavy atom. The molecule has 0 aliphatic carbocycles. The van der Waals surface area contributed by atoms with Gasteiger partial charge in [-0.3, -0.25) is 0 Å². The topological polar surface area (TPSA) is 34.1 Å². The fourth-order valence-corrected chi connectivity index (χ4v) is 1.75. The second-order valence-corrected chi connectivity index (χ2v) is 6.52. The van der Waals surface area contributed by atoms with Crippen LogP contribution in [0.2, 0.25) is 0 Å². The summed E-state index contributed by atoms with van der Waals surface area (Å²) >= 11 is 0. The maximum absolute atomic E-state index is 12.6. The minimum atomic E-state index is -4.59. The Morgan fingerprint density at radius 1 is 1.18 bits per heavy atom. The van der Waals surface area contributed by atoms with E-state index in [9.17, 15) is 12.3 Å². The molecule has 4 heteroatoms. The lowest BCUT2D eigenvalue weighted by Crippen LogP contribution is -2.01. The van der Waals surface area contributed by atoms with E-state index in [-0.39, 0.29) is 10.3 Å². The second-order valence-electron chi connectivity index (χ2n) is 5.17. The summed E-state index contributed by atoms with van der Waals surface area (Å²) in [6.07, 6.45) is 4.86. The highest BCUT2D eigenvalue weighted by molar-refractivity contribution is 7.86. The fraction of sp³-hybridized carbons (Fsp3) is 0.385. The Morgan fingerprint density at radius 3 is 2.12 bits per heavy atom. The third-order valence-electron chi connectivity index (χ3n) is 2.20. The molecule has 0 bridgehead atoms. The van der Waals surface area contributed by atoms with Gasteiger partial charge in [-0.15, -0.1) is 3.89 Å². The molecule has 0 spiro atoms. The zero-order valence-corrected chi connectivity index (χ0v) is 11.1. The van der Waals surface area contributed by atoms with Crippen molar-refractivity contribution in [1.29, 1.82) is 0 Å². The number of halogens is 1. The second kappa shape index (κ2) is 5.00. The maximum Gasteiger partial charge on any atom is 0.332 e. The molecule has 0 amide bonds. The summed E-state index contributed by atoms with van der Waals surface area (Å²) in [6, 6.07) is 5.72. The first-order chi connectivity index (χ1) is 7.68. The predicted octanol–water partition coefficient (Wildman–Crippen LogP) is 3.79. The summed E-state index contributed by atoms with van der Waals surface area (Å²) in [4.78, 5) is -0.300. The third kappa shape index (κ3) is 5.13. The van der Waals surface area contributed by atoms with Crippen molar-refractivity contribution in [2.45, 2.75) is 32.1 Å². The van der Waals surface area contributed by atoms with E-state index in [2.05, 4.69) is 20.8 Å². The lowest BCUT2D eigenvalue weighted by molar-refractivity contribution is 0.421. The van der Waals surface area contributed by atoms with Gasteiger partial charge in [-0.25, -0.2) is 0 Å². The zero-order chi connectivity index (χ0) is 13.1. The third-order valence-corrected chi connectivity index (χ3v) is 3.04. The van der Waals surface area contributed by atoms with E-state index in [4.69, 9.17) is 0 Å². The molecule has 0 aromatic heterocycles. The van der Waals surface area contributed by atoms with Crippen molar-refractivity contribution in [3.63, 3.8) is 0 Å². The van der Waals surface area contributed by atoms with Gasteiger partial charge in [-0.1, -0.05) is 45.1 Å². The molecule has 0 radical (unpaired) electrons. The molecule has 0 atom stereocenters. The van der Waals surface area contributed by atoms with Crippen LogP contribution in [0.3, 0.4) is 0 Å². The van der Waals surface area contributed by atoms with Crippen LogP contribution < -0.4 is 0 Å². The van der Waals surface area contributed by atoms with Gasteiger partial charge in [-0.05, 0) is 29.5 Å². The Labute approximate surface area is 102 Å². The van der Waals surface area contributed by atoms with E-state index in [1.54, 1.807) is 12.1 Å². The normalized spacial score (nSPS) is 13.2. The van der Waals surface area contributed by atoms with Gasteiger partial charge in [0.25, 0.3) is 0 Å². The van der Waals surface area contributed by atoms with E-state index in [1.807, 2.05) is 12.2 Å². The van der Waals surface area contributed by atoms with Gasteiger partial charge >= 0.3 is 10.2 Å². The molecule has 0 aliphatic heterocycles. The summed E-state index contributed by atoms with van der Waals surface area (Å²) in [7, 11) is -4.59. The van der Waals surface area contributed by atoms with Gasteiger partial charge in [0.2, 0.25) is 0 Å². The van der Waals surface area contributed by atoms with Crippen LogP contribution in [0.4, 0.5) is 3.89 Å². The Bertz CT molecular complexity index is 493. The molecule has 0 N–H and O–H groups in total. The minimum Gasteiger partial charge on any atom is -0.189 e. The summed E-state index contributed by atoms with van der Waals surface area (Å²) in [5, 5.41) is 0. The largest absolute Gasteiger partial charge is 0.332 e. The molecule has 0 unspecified atom stereocenters. The average Bonchev–Trinajstić information content (AvgIpc) is 2.15. The highest BCUT2D eigenvalue weighted by atomic mass is 32.3. The molecule has 0 aliphatic rings. The molecule has 1 rings (SSSR count). The van der Waals surface area contributed by atoms with Crippen LogP contribution in [-0.2, 0) is 10.2 Å². The first-order valence-electron chi connectivity index (χ1n) is 5.40. The highest BCUT2D eigenvalue weighted by Gasteiger charge is 2.10. The molecule has 94 valence electrons. The van der Waals surface area contributed by atoms with Gasteiger partial charge in [-0.2, -0.15) is 8.42 Å². The van der Waals surface area contributed by atoms with Crippen molar-refractivity contribution in [2.75, 3.05) is 0 Å². The Kier molecular flexibility index (Phi) is 4.09.